The first kappa shape index (κ1) is 16.1. The van der Waals surface area contributed by atoms with Gasteiger partial charge in [-0.25, -0.2) is 4.79 Å². The van der Waals surface area contributed by atoms with Crippen LogP contribution in [0.5, 0.6) is 11.5 Å². The number of rotatable bonds is 6. The second kappa shape index (κ2) is 7.68. The maximum absolute atomic E-state index is 12.3. The number of piperidine rings is 1. The Hall–Kier alpha value is -2.24. The molecule has 1 N–H and O–H groups in total. The van der Waals surface area contributed by atoms with Crippen LogP contribution in [0, 0.1) is 0 Å². The monoisotopic (exact) mass is 307 g/mol. The van der Waals surface area contributed by atoms with Crippen LogP contribution in [0.15, 0.2) is 24.3 Å². The Kier molecular flexibility index (Phi) is 5.63. The van der Waals surface area contributed by atoms with Crippen molar-refractivity contribution in [2.24, 2.45) is 0 Å². The van der Waals surface area contributed by atoms with Gasteiger partial charge in [-0.05, 0) is 38.3 Å². The zero-order chi connectivity index (χ0) is 15.9. The highest BCUT2D eigenvalue weighted by atomic mass is 16.5. The lowest BCUT2D eigenvalue weighted by molar-refractivity contribution is -0.152. The number of amides is 1. The molecule has 22 heavy (non-hydrogen) atoms. The van der Waals surface area contributed by atoms with Crippen molar-refractivity contribution in [3.8, 4) is 11.5 Å². The highest BCUT2D eigenvalue weighted by molar-refractivity contribution is 5.84. The van der Waals surface area contributed by atoms with Gasteiger partial charge >= 0.3 is 5.97 Å². The van der Waals surface area contributed by atoms with E-state index in [4.69, 9.17) is 9.47 Å². The summed E-state index contributed by atoms with van der Waals surface area (Å²) in [6, 6.07) is 6.37. The topological polar surface area (TPSA) is 76.1 Å². The molecule has 0 aromatic heterocycles. The summed E-state index contributed by atoms with van der Waals surface area (Å²) in [5.41, 5.74) is 0. The summed E-state index contributed by atoms with van der Waals surface area (Å²) >= 11 is 0. The van der Waals surface area contributed by atoms with Gasteiger partial charge in [0.2, 0.25) is 0 Å². The van der Waals surface area contributed by atoms with Gasteiger partial charge in [-0.1, -0.05) is 12.1 Å². The number of carboxylic acids is 1. The highest BCUT2D eigenvalue weighted by Crippen LogP contribution is 2.26. The molecule has 1 atom stereocenters. The number of para-hydroxylation sites is 2. The van der Waals surface area contributed by atoms with E-state index in [0.717, 1.165) is 12.8 Å². The first-order valence-electron chi connectivity index (χ1n) is 7.50. The fraction of sp³-hybridized carbons (Fsp3) is 0.500. The Balaban J connectivity index is 1.98. The smallest absolute Gasteiger partial charge is 0.326 e. The first-order valence-corrected chi connectivity index (χ1v) is 7.50. The molecule has 0 saturated carbocycles. The van der Waals surface area contributed by atoms with E-state index in [1.807, 2.05) is 13.0 Å². The number of carboxylic acid groups (broad SMARTS) is 1. The predicted molar refractivity (Wildman–Crippen MR) is 80.1 cm³/mol. The summed E-state index contributed by atoms with van der Waals surface area (Å²) in [4.78, 5) is 24.9. The van der Waals surface area contributed by atoms with Crippen LogP contribution in [0.25, 0.3) is 0 Å². The van der Waals surface area contributed by atoms with E-state index >= 15 is 0 Å². The molecular weight excluding hydrogens is 286 g/mol. The Labute approximate surface area is 129 Å². The van der Waals surface area contributed by atoms with Gasteiger partial charge in [0.25, 0.3) is 5.91 Å². The molecule has 1 aliphatic heterocycles. The van der Waals surface area contributed by atoms with Gasteiger partial charge in [0.15, 0.2) is 18.1 Å². The van der Waals surface area contributed by atoms with E-state index in [1.165, 1.54) is 4.90 Å². The van der Waals surface area contributed by atoms with Crippen LogP contribution in [-0.2, 0) is 9.59 Å². The summed E-state index contributed by atoms with van der Waals surface area (Å²) in [6.07, 6.45) is 2.15. The van der Waals surface area contributed by atoms with E-state index in [2.05, 4.69) is 0 Å². The third-order valence-electron chi connectivity index (χ3n) is 3.61. The van der Waals surface area contributed by atoms with E-state index in [9.17, 15) is 14.7 Å². The molecule has 1 heterocycles. The Morgan fingerprint density at radius 1 is 1.23 bits per heavy atom. The van der Waals surface area contributed by atoms with Gasteiger partial charge in [0, 0.05) is 6.54 Å². The highest BCUT2D eigenvalue weighted by Gasteiger charge is 2.32. The number of likely N-dealkylation sites (tertiary alicyclic amines) is 1. The first-order chi connectivity index (χ1) is 10.6. The lowest BCUT2D eigenvalue weighted by Crippen LogP contribution is -2.49. The van der Waals surface area contributed by atoms with Crippen molar-refractivity contribution in [3.05, 3.63) is 24.3 Å². The molecule has 0 aliphatic carbocycles. The lowest BCUT2D eigenvalue weighted by atomic mass is 10.0. The minimum Gasteiger partial charge on any atom is -0.490 e. The molecule has 2 rings (SSSR count). The second-order valence-electron chi connectivity index (χ2n) is 5.11. The lowest BCUT2D eigenvalue weighted by Gasteiger charge is -2.32. The summed E-state index contributed by atoms with van der Waals surface area (Å²) in [7, 11) is 0. The third-order valence-corrected chi connectivity index (χ3v) is 3.61. The zero-order valence-electron chi connectivity index (χ0n) is 12.7. The van der Waals surface area contributed by atoms with Gasteiger partial charge in [-0.2, -0.15) is 0 Å². The quantitative estimate of drug-likeness (QED) is 0.869. The van der Waals surface area contributed by atoms with Crippen LogP contribution in [0.2, 0.25) is 0 Å². The maximum Gasteiger partial charge on any atom is 0.326 e. The minimum atomic E-state index is -0.956. The van der Waals surface area contributed by atoms with Gasteiger partial charge in [0.1, 0.15) is 6.04 Å². The molecule has 0 unspecified atom stereocenters. The van der Waals surface area contributed by atoms with Crippen molar-refractivity contribution in [2.75, 3.05) is 19.8 Å². The molecule has 0 radical (unpaired) electrons. The fourth-order valence-electron chi connectivity index (χ4n) is 2.55. The molecule has 1 aromatic carbocycles. The molecule has 120 valence electrons. The molecule has 1 amide bonds. The molecule has 0 spiro atoms. The number of ether oxygens (including phenoxy) is 2. The summed E-state index contributed by atoms with van der Waals surface area (Å²) < 4.78 is 11.0. The standard InChI is InChI=1S/C16H21NO5/c1-2-21-13-8-3-4-9-14(13)22-11-15(18)17-10-6-5-7-12(17)16(19)20/h3-4,8-9,12H,2,5-7,10-11H2,1H3,(H,19,20)/t12-/m1/s1. The molecule has 1 aromatic rings. The SMILES string of the molecule is CCOc1ccccc1OCC(=O)N1CCCC[C@@H]1C(=O)O. The number of hydrogen-bond donors (Lipinski definition) is 1. The Bertz CT molecular complexity index is 531. The average molecular weight is 307 g/mol. The van der Waals surface area contributed by atoms with Crippen molar-refractivity contribution in [1.29, 1.82) is 0 Å². The van der Waals surface area contributed by atoms with Gasteiger partial charge in [-0.3, -0.25) is 4.79 Å². The zero-order valence-corrected chi connectivity index (χ0v) is 12.7. The van der Waals surface area contributed by atoms with E-state index in [0.29, 0.717) is 31.1 Å². The molecular formula is C16H21NO5. The van der Waals surface area contributed by atoms with Gasteiger partial charge in [0.05, 0.1) is 6.61 Å². The van der Waals surface area contributed by atoms with Crippen LogP contribution in [0.1, 0.15) is 26.2 Å². The fourth-order valence-corrected chi connectivity index (χ4v) is 2.55. The summed E-state index contributed by atoms with van der Waals surface area (Å²) in [6.45, 7) is 2.65. The summed E-state index contributed by atoms with van der Waals surface area (Å²) in [5, 5.41) is 9.20. The molecule has 6 nitrogen and oxygen atoms in total. The minimum absolute atomic E-state index is 0.187. The van der Waals surface area contributed by atoms with Crippen LogP contribution in [0.3, 0.4) is 0 Å². The number of hydrogen-bond acceptors (Lipinski definition) is 4. The van der Waals surface area contributed by atoms with Gasteiger partial charge in [-0.15, -0.1) is 0 Å². The second-order valence-corrected chi connectivity index (χ2v) is 5.11. The third kappa shape index (κ3) is 3.90. The number of benzene rings is 1. The molecule has 1 aliphatic rings. The molecule has 1 saturated heterocycles. The van der Waals surface area contributed by atoms with Crippen molar-refractivity contribution >= 4 is 11.9 Å². The number of carbonyl (C=O) groups excluding carboxylic acids is 1. The number of carbonyl (C=O) groups is 2. The Morgan fingerprint density at radius 3 is 2.55 bits per heavy atom. The van der Waals surface area contributed by atoms with Crippen LogP contribution >= 0.6 is 0 Å². The Morgan fingerprint density at radius 2 is 1.91 bits per heavy atom. The van der Waals surface area contributed by atoms with Crippen molar-refractivity contribution in [2.45, 2.75) is 32.2 Å². The normalized spacial score (nSPS) is 17.9. The predicted octanol–water partition coefficient (Wildman–Crippen LogP) is 1.93. The largest absolute Gasteiger partial charge is 0.490 e. The van der Waals surface area contributed by atoms with E-state index < -0.39 is 12.0 Å². The van der Waals surface area contributed by atoms with Crippen LogP contribution in [0.4, 0.5) is 0 Å². The summed E-state index contributed by atoms with van der Waals surface area (Å²) in [5.74, 6) is -0.200. The van der Waals surface area contributed by atoms with E-state index in [-0.39, 0.29) is 12.5 Å². The number of aliphatic carboxylic acids is 1. The molecule has 1 fully saturated rings. The van der Waals surface area contributed by atoms with Crippen molar-refractivity contribution in [3.63, 3.8) is 0 Å². The molecule has 0 bridgehead atoms. The maximum atomic E-state index is 12.3. The van der Waals surface area contributed by atoms with Crippen molar-refractivity contribution in [1.82, 2.24) is 4.90 Å². The molecule has 6 heteroatoms. The number of nitrogens with zero attached hydrogens (tertiary/aromatic N) is 1. The van der Waals surface area contributed by atoms with Crippen LogP contribution in [-0.4, -0.2) is 47.7 Å². The van der Waals surface area contributed by atoms with E-state index in [1.54, 1.807) is 18.2 Å². The van der Waals surface area contributed by atoms with Gasteiger partial charge < -0.3 is 19.5 Å². The average Bonchev–Trinajstić information content (AvgIpc) is 2.54. The van der Waals surface area contributed by atoms with Crippen molar-refractivity contribution < 1.29 is 24.2 Å². The van der Waals surface area contributed by atoms with Crippen LogP contribution < -0.4 is 9.47 Å².